The van der Waals surface area contributed by atoms with Gasteiger partial charge in [0.25, 0.3) is 5.91 Å². The summed E-state index contributed by atoms with van der Waals surface area (Å²) in [7, 11) is 0. The molecule has 1 aromatic heterocycles. The Labute approximate surface area is 111 Å². The van der Waals surface area contributed by atoms with Crippen molar-refractivity contribution in [1.29, 1.82) is 0 Å². The van der Waals surface area contributed by atoms with E-state index in [1.165, 1.54) is 12.3 Å². The Kier molecular flexibility index (Phi) is 4.40. The highest BCUT2D eigenvalue weighted by molar-refractivity contribution is 6.32. The highest BCUT2D eigenvalue weighted by Crippen LogP contribution is 2.16. The molecule has 0 fully saturated rings. The maximum absolute atomic E-state index is 11.8. The predicted molar refractivity (Wildman–Crippen MR) is 68.5 cm³/mol. The van der Waals surface area contributed by atoms with Crippen molar-refractivity contribution in [2.45, 2.75) is 39.3 Å². The molecule has 1 aromatic rings. The molecular weight excluding hydrogens is 256 g/mol. The molecule has 0 saturated heterocycles. The highest BCUT2D eigenvalue weighted by atomic mass is 35.5. The molecule has 0 aliphatic rings. The first kappa shape index (κ1) is 14.6. The van der Waals surface area contributed by atoms with Crippen molar-refractivity contribution in [3.8, 4) is 0 Å². The molecule has 0 aliphatic carbocycles. The second-order valence-corrected chi connectivity index (χ2v) is 5.39. The van der Waals surface area contributed by atoms with E-state index < -0.39 is 11.9 Å². The van der Waals surface area contributed by atoms with Gasteiger partial charge in [-0.3, -0.25) is 9.59 Å². The minimum absolute atomic E-state index is 0.0101. The molecule has 0 aliphatic heterocycles. The molecule has 2 N–H and O–H groups in total. The lowest BCUT2D eigenvalue weighted by Crippen LogP contribution is -2.50. The number of nitrogens with one attached hydrogen (secondary N) is 2. The van der Waals surface area contributed by atoms with Crippen LogP contribution in [0.2, 0.25) is 5.22 Å². The van der Waals surface area contributed by atoms with Crippen LogP contribution in [0.15, 0.2) is 16.7 Å². The lowest BCUT2D eigenvalue weighted by molar-refractivity contribution is -0.124. The van der Waals surface area contributed by atoms with E-state index in [0.29, 0.717) is 0 Å². The summed E-state index contributed by atoms with van der Waals surface area (Å²) >= 11 is 5.68. The van der Waals surface area contributed by atoms with Crippen molar-refractivity contribution in [3.63, 3.8) is 0 Å². The molecular formula is C12H17ClN2O3. The Balaban J connectivity index is 2.60. The molecule has 0 aromatic carbocycles. The van der Waals surface area contributed by atoms with E-state index in [0.717, 1.165) is 0 Å². The number of carbonyl (C=O) groups is 2. The average molecular weight is 273 g/mol. The maximum Gasteiger partial charge on any atom is 0.256 e. The summed E-state index contributed by atoms with van der Waals surface area (Å²) in [5.41, 5.74) is -0.129. The Bertz CT molecular complexity index is 448. The van der Waals surface area contributed by atoms with Crippen LogP contribution in [0.1, 0.15) is 38.1 Å². The normalized spacial score (nSPS) is 12.9. The largest absolute Gasteiger partial charge is 0.452 e. The molecule has 1 heterocycles. The number of amides is 2. The predicted octanol–water partition coefficient (Wildman–Crippen LogP) is 1.97. The third-order valence-corrected chi connectivity index (χ3v) is 2.39. The number of hydrogen-bond donors (Lipinski definition) is 2. The van der Waals surface area contributed by atoms with Crippen LogP contribution in [0.25, 0.3) is 0 Å². The fourth-order valence-electron chi connectivity index (χ4n) is 1.27. The van der Waals surface area contributed by atoms with Crippen LogP contribution in [0.3, 0.4) is 0 Å². The van der Waals surface area contributed by atoms with Gasteiger partial charge in [-0.05, 0) is 45.4 Å². The molecule has 0 bridgehead atoms. The molecule has 2 amide bonds. The Hall–Kier alpha value is -1.49. The molecule has 5 nitrogen and oxygen atoms in total. The summed E-state index contributed by atoms with van der Waals surface area (Å²) in [4.78, 5) is 23.5. The van der Waals surface area contributed by atoms with Gasteiger partial charge in [0.15, 0.2) is 0 Å². The molecule has 0 spiro atoms. The third-order valence-electron chi connectivity index (χ3n) is 2.10. The standard InChI is InChI=1S/C12H17ClN2O3/c1-7(10(16)15-12(2,3)4)14-11(17)8-5-6-18-9(8)13/h5-7H,1-4H3,(H,14,17)(H,15,16). The number of rotatable bonds is 3. The molecule has 0 saturated carbocycles. The number of hydrogen-bond acceptors (Lipinski definition) is 3. The summed E-state index contributed by atoms with van der Waals surface area (Å²) in [6.07, 6.45) is 1.32. The lowest BCUT2D eigenvalue weighted by Gasteiger charge is -2.23. The second kappa shape index (κ2) is 5.44. The molecule has 18 heavy (non-hydrogen) atoms. The molecule has 1 atom stereocenters. The van der Waals surface area contributed by atoms with Gasteiger partial charge >= 0.3 is 0 Å². The van der Waals surface area contributed by atoms with Crippen LogP contribution in [0, 0.1) is 0 Å². The lowest BCUT2D eigenvalue weighted by atomic mass is 10.1. The van der Waals surface area contributed by atoms with Crippen LogP contribution < -0.4 is 10.6 Å². The number of carbonyl (C=O) groups excluding carboxylic acids is 2. The van der Waals surface area contributed by atoms with E-state index in [-0.39, 0.29) is 22.2 Å². The maximum atomic E-state index is 11.8. The van der Waals surface area contributed by atoms with Crippen LogP contribution >= 0.6 is 11.6 Å². The van der Waals surface area contributed by atoms with Crippen LogP contribution in [0.4, 0.5) is 0 Å². The van der Waals surface area contributed by atoms with E-state index in [9.17, 15) is 9.59 Å². The van der Waals surface area contributed by atoms with Crippen molar-refractivity contribution < 1.29 is 14.0 Å². The van der Waals surface area contributed by atoms with Gasteiger partial charge in [-0.1, -0.05) is 0 Å². The van der Waals surface area contributed by atoms with Crippen LogP contribution in [-0.2, 0) is 4.79 Å². The first-order valence-electron chi connectivity index (χ1n) is 5.56. The summed E-state index contributed by atoms with van der Waals surface area (Å²) in [5.74, 6) is -0.694. The van der Waals surface area contributed by atoms with Gasteiger partial charge < -0.3 is 15.1 Å². The van der Waals surface area contributed by atoms with E-state index in [1.54, 1.807) is 6.92 Å². The zero-order valence-electron chi connectivity index (χ0n) is 10.8. The number of furan rings is 1. The first-order chi connectivity index (χ1) is 8.20. The zero-order valence-corrected chi connectivity index (χ0v) is 11.6. The molecule has 1 unspecified atom stereocenters. The van der Waals surface area contributed by atoms with Crippen molar-refractivity contribution >= 4 is 23.4 Å². The van der Waals surface area contributed by atoms with Gasteiger partial charge in [0.05, 0.1) is 11.8 Å². The first-order valence-corrected chi connectivity index (χ1v) is 5.94. The van der Waals surface area contributed by atoms with Crippen LogP contribution in [0.5, 0.6) is 0 Å². The SMILES string of the molecule is CC(NC(=O)c1ccoc1Cl)C(=O)NC(C)(C)C. The summed E-state index contributed by atoms with van der Waals surface area (Å²) < 4.78 is 4.81. The third kappa shape index (κ3) is 4.07. The average Bonchev–Trinajstić information content (AvgIpc) is 2.61. The summed E-state index contributed by atoms with van der Waals surface area (Å²) in [5, 5.41) is 5.33. The fraction of sp³-hybridized carbons (Fsp3) is 0.500. The smallest absolute Gasteiger partial charge is 0.256 e. The Morgan fingerprint density at radius 2 is 2.00 bits per heavy atom. The van der Waals surface area contributed by atoms with E-state index in [2.05, 4.69) is 10.6 Å². The molecule has 1 rings (SSSR count). The van der Waals surface area contributed by atoms with Crippen molar-refractivity contribution in [1.82, 2.24) is 10.6 Å². The second-order valence-electron chi connectivity index (χ2n) is 5.04. The minimum Gasteiger partial charge on any atom is -0.452 e. The van der Waals surface area contributed by atoms with Gasteiger partial charge in [-0.2, -0.15) is 0 Å². The van der Waals surface area contributed by atoms with E-state index >= 15 is 0 Å². The summed E-state index contributed by atoms with van der Waals surface area (Å²) in [6.45, 7) is 7.21. The van der Waals surface area contributed by atoms with E-state index in [1.807, 2.05) is 20.8 Å². The highest BCUT2D eigenvalue weighted by Gasteiger charge is 2.22. The minimum atomic E-state index is -0.650. The molecule has 0 radical (unpaired) electrons. The van der Waals surface area contributed by atoms with Crippen molar-refractivity contribution in [2.75, 3.05) is 0 Å². The molecule has 6 heteroatoms. The van der Waals surface area contributed by atoms with Gasteiger partial charge in [-0.15, -0.1) is 0 Å². The van der Waals surface area contributed by atoms with E-state index in [4.69, 9.17) is 16.0 Å². The topological polar surface area (TPSA) is 71.3 Å². The summed E-state index contributed by atoms with van der Waals surface area (Å²) in [6, 6.07) is 0.800. The fourth-order valence-corrected chi connectivity index (χ4v) is 1.47. The van der Waals surface area contributed by atoms with Crippen LogP contribution in [-0.4, -0.2) is 23.4 Å². The monoisotopic (exact) mass is 272 g/mol. The van der Waals surface area contributed by atoms with Gasteiger partial charge in [0, 0.05) is 5.54 Å². The Morgan fingerprint density at radius 1 is 1.39 bits per heavy atom. The quantitative estimate of drug-likeness (QED) is 0.884. The van der Waals surface area contributed by atoms with Crippen molar-refractivity contribution in [3.05, 3.63) is 23.1 Å². The number of halogens is 1. The van der Waals surface area contributed by atoms with Crippen molar-refractivity contribution in [2.24, 2.45) is 0 Å². The molecule has 100 valence electrons. The van der Waals surface area contributed by atoms with Gasteiger partial charge in [-0.25, -0.2) is 0 Å². The van der Waals surface area contributed by atoms with Gasteiger partial charge in [0.1, 0.15) is 6.04 Å². The zero-order chi connectivity index (χ0) is 13.9. The van der Waals surface area contributed by atoms with Gasteiger partial charge in [0.2, 0.25) is 11.1 Å². The Morgan fingerprint density at radius 3 is 2.44 bits per heavy atom.